The molecule has 7 nitrogen and oxygen atoms in total. The summed E-state index contributed by atoms with van der Waals surface area (Å²) in [6, 6.07) is 18.0. The lowest BCUT2D eigenvalue weighted by molar-refractivity contribution is -0.136. The van der Waals surface area contributed by atoms with E-state index in [-0.39, 0.29) is 6.42 Å². The van der Waals surface area contributed by atoms with Crippen molar-refractivity contribution in [3.8, 4) is 11.1 Å². The molecule has 1 amide bonds. The first-order valence-corrected chi connectivity index (χ1v) is 10.6. The van der Waals surface area contributed by atoms with Crippen LogP contribution >= 0.6 is 11.6 Å². The van der Waals surface area contributed by atoms with Crippen LogP contribution in [-0.4, -0.2) is 22.3 Å². The number of carbonyl (C=O) groups is 2. The Kier molecular flexibility index (Phi) is 6.33. The summed E-state index contributed by atoms with van der Waals surface area (Å²) in [5.41, 5.74) is 4.63. The lowest BCUT2D eigenvalue weighted by atomic mass is 10.0. The number of hydrogen-bond acceptors (Lipinski definition) is 5. The molecule has 0 saturated heterocycles. The third-order valence-corrected chi connectivity index (χ3v) is 5.60. The Balaban J connectivity index is 1.61. The van der Waals surface area contributed by atoms with Crippen LogP contribution in [0.1, 0.15) is 29.8 Å². The van der Waals surface area contributed by atoms with E-state index in [0.29, 0.717) is 38.5 Å². The number of anilines is 1. The molecular weight excluding hydrogens is 444 g/mol. The first-order valence-electron chi connectivity index (χ1n) is 10.2. The number of halogens is 1. The number of carbonyl (C=O) groups excluding carboxylic acids is 1. The average molecular weight is 465 g/mol. The third-order valence-electron chi connectivity index (χ3n) is 5.25. The predicted octanol–water partition coefficient (Wildman–Crippen LogP) is 6.39. The van der Waals surface area contributed by atoms with Crippen molar-refractivity contribution in [3.63, 3.8) is 0 Å². The van der Waals surface area contributed by atoms with Crippen LogP contribution in [0.3, 0.4) is 0 Å². The maximum Gasteiger partial charge on any atom is 0.412 e. The molecule has 0 aliphatic carbocycles. The number of fused-ring (bicyclic) bond motifs is 1. The Morgan fingerprint density at radius 2 is 1.85 bits per heavy atom. The Labute approximate surface area is 194 Å². The van der Waals surface area contributed by atoms with Crippen molar-refractivity contribution in [2.24, 2.45) is 0 Å². The lowest BCUT2D eigenvalue weighted by Gasteiger charge is -2.16. The van der Waals surface area contributed by atoms with Crippen LogP contribution in [0, 0.1) is 6.92 Å². The summed E-state index contributed by atoms with van der Waals surface area (Å²) >= 11 is 6.21. The molecule has 2 N–H and O–H groups in total. The van der Waals surface area contributed by atoms with Crippen molar-refractivity contribution in [1.29, 1.82) is 0 Å². The fourth-order valence-corrected chi connectivity index (χ4v) is 3.94. The molecule has 0 radical (unpaired) electrons. The molecule has 0 aliphatic rings. The molecule has 33 heavy (non-hydrogen) atoms. The van der Waals surface area contributed by atoms with Gasteiger partial charge < -0.3 is 14.4 Å². The predicted molar refractivity (Wildman–Crippen MR) is 125 cm³/mol. The number of ether oxygens (including phenoxy) is 1. The van der Waals surface area contributed by atoms with Gasteiger partial charge in [-0.3, -0.25) is 10.1 Å². The van der Waals surface area contributed by atoms with Gasteiger partial charge in [0, 0.05) is 10.6 Å². The van der Waals surface area contributed by atoms with Gasteiger partial charge in [0.1, 0.15) is 6.10 Å². The number of nitrogens with zero attached hydrogens (tertiary/aromatic N) is 1. The zero-order valence-electron chi connectivity index (χ0n) is 18.0. The van der Waals surface area contributed by atoms with Crippen LogP contribution in [0.4, 0.5) is 10.5 Å². The molecule has 1 atom stereocenters. The number of carboxylic acids is 1. The van der Waals surface area contributed by atoms with E-state index in [4.69, 9.17) is 26.0 Å². The fourth-order valence-electron chi connectivity index (χ4n) is 3.65. The van der Waals surface area contributed by atoms with Crippen molar-refractivity contribution >= 4 is 40.3 Å². The van der Waals surface area contributed by atoms with Crippen molar-refractivity contribution in [1.82, 2.24) is 5.16 Å². The topological polar surface area (TPSA) is 102 Å². The number of hydrogen-bond donors (Lipinski definition) is 2. The summed E-state index contributed by atoms with van der Waals surface area (Å²) in [6.07, 6.45) is -1.25. The standard InChI is InChI=1S/C25H21ClN2O5/c1-14-24-21(27-25(31)32-15(2)19-5-3-4-6-20(19)26)12-18(13-22(24)33-28-14)17-9-7-16(8-10-17)11-23(29)30/h3-10,12-13,15H,11H2,1-2H3,(H,27,31)(H,29,30)/t15-/m1/s1. The van der Waals surface area contributed by atoms with Crippen LogP contribution < -0.4 is 5.32 Å². The van der Waals surface area contributed by atoms with Gasteiger partial charge in [-0.2, -0.15) is 0 Å². The van der Waals surface area contributed by atoms with E-state index < -0.39 is 18.2 Å². The number of carboxylic acid groups (broad SMARTS) is 1. The third kappa shape index (κ3) is 4.99. The number of amides is 1. The van der Waals surface area contributed by atoms with Gasteiger partial charge in [0.25, 0.3) is 0 Å². The molecule has 8 heteroatoms. The van der Waals surface area contributed by atoms with Crippen molar-refractivity contribution in [3.05, 3.63) is 82.5 Å². The van der Waals surface area contributed by atoms with Gasteiger partial charge in [-0.1, -0.05) is 59.2 Å². The molecule has 0 bridgehead atoms. The number of aliphatic carboxylic acids is 1. The second-order valence-corrected chi connectivity index (χ2v) is 8.03. The molecule has 0 spiro atoms. The minimum atomic E-state index is -0.891. The molecule has 0 unspecified atom stereocenters. The average Bonchev–Trinajstić information content (AvgIpc) is 3.15. The molecule has 0 fully saturated rings. The summed E-state index contributed by atoms with van der Waals surface area (Å²) in [6.45, 7) is 3.53. The highest BCUT2D eigenvalue weighted by Crippen LogP contribution is 2.34. The second kappa shape index (κ2) is 9.34. The Morgan fingerprint density at radius 3 is 2.55 bits per heavy atom. The van der Waals surface area contributed by atoms with E-state index in [1.807, 2.05) is 30.3 Å². The maximum absolute atomic E-state index is 12.7. The van der Waals surface area contributed by atoms with Crippen LogP contribution in [0.5, 0.6) is 0 Å². The minimum Gasteiger partial charge on any atom is -0.481 e. The molecular formula is C25H21ClN2O5. The van der Waals surface area contributed by atoms with Crippen LogP contribution in [0.15, 0.2) is 65.2 Å². The molecule has 3 aromatic carbocycles. The fraction of sp³-hybridized carbons (Fsp3) is 0.160. The molecule has 0 aliphatic heterocycles. The van der Waals surface area contributed by atoms with Crippen molar-refractivity contribution in [2.75, 3.05) is 5.32 Å². The molecule has 1 heterocycles. The SMILES string of the molecule is Cc1noc2cc(-c3ccc(CC(=O)O)cc3)cc(NC(=O)O[C@H](C)c3ccccc3Cl)c12. The molecule has 4 aromatic rings. The highest BCUT2D eigenvalue weighted by molar-refractivity contribution is 6.31. The normalized spacial score (nSPS) is 11.8. The lowest BCUT2D eigenvalue weighted by Crippen LogP contribution is -2.16. The zero-order chi connectivity index (χ0) is 23.5. The smallest absolute Gasteiger partial charge is 0.412 e. The van der Waals surface area contributed by atoms with Gasteiger partial charge in [-0.15, -0.1) is 0 Å². The summed E-state index contributed by atoms with van der Waals surface area (Å²) in [5, 5.41) is 17.0. The van der Waals surface area contributed by atoms with E-state index in [9.17, 15) is 9.59 Å². The van der Waals surface area contributed by atoms with Crippen LogP contribution in [0.25, 0.3) is 22.1 Å². The Bertz CT molecular complexity index is 1330. The number of benzene rings is 3. The first-order chi connectivity index (χ1) is 15.8. The zero-order valence-corrected chi connectivity index (χ0v) is 18.7. The first kappa shape index (κ1) is 22.4. The van der Waals surface area contributed by atoms with E-state index in [0.717, 1.165) is 11.1 Å². The van der Waals surface area contributed by atoms with Gasteiger partial charge in [0.2, 0.25) is 0 Å². The van der Waals surface area contributed by atoms with Crippen LogP contribution in [-0.2, 0) is 16.0 Å². The number of aryl methyl sites for hydroxylation is 1. The Morgan fingerprint density at radius 1 is 1.12 bits per heavy atom. The minimum absolute atomic E-state index is 0.0527. The van der Waals surface area contributed by atoms with Gasteiger partial charge in [-0.05, 0) is 48.7 Å². The van der Waals surface area contributed by atoms with Crippen molar-refractivity contribution in [2.45, 2.75) is 26.4 Å². The quantitative estimate of drug-likeness (QED) is 0.342. The van der Waals surface area contributed by atoms with Crippen molar-refractivity contribution < 1.29 is 24.0 Å². The van der Waals surface area contributed by atoms with E-state index >= 15 is 0 Å². The second-order valence-electron chi connectivity index (χ2n) is 7.63. The summed E-state index contributed by atoms with van der Waals surface area (Å²) in [7, 11) is 0. The monoisotopic (exact) mass is 464 g/mol. The Hall–Kier alpha value is -3.84. The summed E-state index contributed by atoms with van der Waals surface area (Å²) in [5.74, 6) is -0.891. The van der Waals surface area contributed by atoms with Gasteiger partial charge in [0.05, 0.1) is 23.2 Å². The molecule has 4 rings (SSSR count). The highest BCUT2D eigenvalue weighted by Gasteiger charge is 2.18. The van der Waals surface area contributed by atoms with Gasteiger partial charge in [0.15, 0.2) is 5.58 Å². The van der Waals surface area contributed by atoms with E-state index in [1.165, 1.54) is 0 Å². The molecule has 168 valence electrons. The van der Waals surface area contributed by atoms with E-state index in [1.54, 1.807) is 44.2 Å². The summed E-state index contributed by atoms with van der Waals surface area (Å²) < 4.78 is 11.0. The highest BCUT2D eigenvalue weighted by atomic mass is 35.5. The number of aromatic nitrogens is 1. The molecule has 0 saturated carbocycles. The van der Waals surface area contributed by atoms with Gasteiger partial charge in [-0.25, -0.2) is 4.79 Å². The summed E-state index contributed by atoms with van der Waals surface area (Å²) in [4.78, 5) is 23.6. The maximum atomic E-state index is 12.7. The largest absolute Gasteiger partial charge is 0.481 e. The number of rotatable bonds is 6. The molecule has 1 aromatic heterocycles. The number of nitrogens with one attached hydrogen (secondary N) is 1. The van der Waals surface area contributed by atoms with Gasteiger partial charge >= 0.3 is 12.1 Å². The van der Waals surface area contributed by atoms with Crippen LogP contribution in [0.2, 0.25) is 5.02 Å². The van der Waals surface area contributed by atoms with E-state index in [2.05, 4.69) is 10.5 Å².